The highest BCUT2D eigenvalue weighted by Gasteiger charge is 2.42. The van der Waals surface area contributed by atoms with Crippen LogP contribution in [0.25, 0.3) is 0 Å². The number of hydrogen-bond donors (Lipinski definition) is 1. The maximum absolute atomic E-state index is 11.8. The Labute approximate surface area is 121 Å². The molecule has 0 amide bonds. The zero-order chi connectivity index (χ0) is 15.1. The summed E-state index contributed by atoms with van der Waals surface area (Å²) in [6.45, 7) is 9.13. The monoisotopic (exact) mass is 299 g/mol. The molecule has 0 aromatic carbocycles. The Balaban J connectivity index is 2.43. The molecule has 1 aliphatic heterocycles. The topological polar surface area (TPSA) is 64.0 Å². The molecule has 0 aliphatic carbocycles. The number of rotatable bonds is 4. The van der Waals surface area contributed by atoms with Gasteiger partial charge in [-0.3, -0.25) is 4.68 Å². The molecule has 0 saturated carbocycles. The lowest BCUT2D eigenvalue weighted by atomic mass is 9.97. The van der Waals surface area contributed by atoms with Crippen LogP contribution in [0.5, 0.6) is 0 Å². The summed E-state index contributed by atoms with van der Waals surface area (Å²) in [6.07, 6.45) is 0.650. The largest absolute Gasteiger partial charge is 0.319 e. The van der Waals surface area contributed by atoms with Gasteiger partial charge in [0, 0.05) is 17.8 Å². The number of aryl methyl sites for hydroxylation is 1. The van der Waals surface area contributed by atoms with Crippen molar-refractivity contribution in [3.63, 3.8) is 0 Å². The van der Waals surface area contributed by atoms with Gasteiger partial charge in [-0.05, 0) is 40.2 Å². The first-order valence-electron chi connectivity index (χ1n) is 7.12. The van der Waals surface area contributed by atoms with Gasteiger partial charge in [0.2, 0.25) is 0 Å². The Morgan fingerprint density at radius 1 is 1.45 bits per heavy atom. The normalized spacial score (nSPS) is 26.9. The molecule has 0 radical (unpaired) electrons. The summed E-state index contributed by atoms with van der Waals surface area (Å²) >= 11 is 0. The number of sulfone groups is 1. The van der Waals surface area contributed by atoms with Crippen molar-refractivity contribution in [2.45, 2.75) is 45.6 Å². The molecule has 1 aliphatic rings. The molecular formula is C14H25N3O2S. The molecule has 2 atom stereocenters. The molecule has 1 saturated heterocycles. The first kappa shape index (κ1) is 15.5. The van der Waals surface area contributed by atoms with Gasteiger partial charge in [0.15, 0.2) is 9.84 Å². The average molecular weight is 299 g/mol. The second-order valence-electron chi connectivity index (χ2n) is 6.29. The van der Waals surface area contributed by atoms with Crippen LogP contribution in [-0.4, -0.2) is 43.3 Å². The summed E-state index contributed by atoms with van der Waals surface area (Å²) < 4.78 is 25.6. The van der Waals surface area contributed by atoms with Crippen molar-refractivity contribution in [2.75, 3.05) is 25.1 Å². The van der Waals surface area contributed by atoms with Crippen LogP contribution in [-0.2, 0) is 15.4 Å². The highest BCUT2D eigenvalue weighted by molar-refractivity contribution is 7.91. The summed E-state index contributed by atoms with van der Waals surface area (Å²) in [4.78, 5) is 0. The fraction of sp³-hybridized carbons (Fsp3) is 0.786. The van der Waals surface area contributed by atoms with Crippen molar-refractivity contribution in [2.24, 2.45) is 0 Å². The Bertz CT molecular complexity index is 606. The molecule has 114 valence electrons. The molecule has 5 nitrogen and oxygen atoms in total. The van der Waals surface area contributed by atoms with Gasteiger partial charge in [0.05, 0.1) is 22.7 Å². The summed E-state index contributed by atoms with van der Waals surface area (Å²) in [5.74, 6) is 0.834. The minimum Gasteiger partial charge on any atom is -0.319 e. The zero-order valence-electron chi connectivity index (χ0n) is 13.0. The van der Waals surface area contributed by atoms with Crippen molar-refractivity contribution in [1.29, 1.82) is 0 Å². The second-order valence-corrected chi connectivity index (χ2v) is 8.48. The number of hydrogen-bond acceptors (Lipinski definition) is 4. The van der Waals surface area contributed by atoms with Crippen LogP contribution in [0.1, 0.15) is 43.1 Å². The van der Waals surface area contributed by atoms with E-state index in [1.54, 1.807) is 0 Å². The van der Waals surface area contributed by atoms with Crippen LogP contribution in [0, 0.1) is 13.8 Å². The molecule has 1 fully saturated rings. The van der Waals surface area contributed by atoms with Gasteiger partial charge >= 0.3 is 0 Å². The summed E-state index contributed by atoms with van der Waals surface area (Å²) in [7, 11) is -0.985. The lowest BCUT2D eigenvalue weighted by molar-refractivity contribution is 0.320. The molecular weight excluding hydrogens is 274 g/mol. The molecule has 1 N–H and O–H groups in total. The highest BCUT2D eigenvalue weighted by Crippen LogP contribution is 2.34. The predicted octanol–water partition coefficient (Wildman–Crippen LogP) is 1.36. The minimum absolute atomic E-state index is 0.196. The molecule has 2 rings (SSSR count). The number of nitrogens with one attached hydrogen (secondary N) is 1. The third-order valence-electron chi connectivity index (χ3n) is 4.34. The Hall–Kier alpha value is -0.880. The summed E-state index contributed by atoms with van der Waals surface area (Å²) in [6, 6.07) is 0. The smallest absolute Gasteiger partial charge is 0.152 e. The van der Waals surface area contributed by atoms with Gasteiger partial charge in [-0.15, -0.1) is 0 Å². The molecule has 2 heterocycles. The third-order valence-corrected chi connectivity index (χ3v) is 6.23. The van der Waals surface area contributed by atoms with Crippen molar-refractivity contribution < 1.29 is 8.42 Å². The Morgan fingerprint density at radius 3 is 2.60 bits per heavy atom. The third kappa shape index (κ3) is 2.63. The number of likely N-dealkylation sites (N-methyl/N-ethyl adjacent to an activating group) is 1. The molecule has 2 unspecified atom stereocenters. The van der Waals surface area contributed by atoms with E-state index in [1.807, 2.05) is 25.6 Å². The van der Waals surface area contributed by atoms with E-state index in [0.29, 0.717) is 12.3 Å². The van der Waals surface area contributed by atoms with Crippen molar-refractivity contribution >= 4 is 9.84 Å². The lowest BCUT2D eigenvalue weighted by Crippen LogP contribution is -2.33. The van der Waals surface area contributed by atoms with Gasteiger partial charge < -0.3 is 5.32 Å². The van der Waals surface area contributed by atoms with E-state index in [1.165, 1.54) is 5.56 Å². The first-order chi connectivity index (χ1) is 9.20. The van der Waals surface area contributed by atoms with E-state index in [2.05, 4.69) is 24.3 Å². The van der Waals surface area contributed by atoms with Gasteiger partial charge in [-0.1, -0.05) is 6.92 Å². The SMILES string of the molecule is CNCC(C)c1c(C)nn(C2(C)CCS(=O)(=O)C2)c1C. The first-order valence-corrected chi connectivity index (χ1v) is 8.94. The molecule has 1 aromatic heterocycles. The molecule has 0 bridgehead atoms. The molecule has 20 heavy (non-hydrogen) atoms. The van der Waals surface area contributed by atoms with E-state index in [4.69, 9.17) is 0 Å². The molecule has 6 heteroatoms. The lowest BCUT2D eigenvalue weighted by Gasteiger charge is -2.25. The number of aromatic nitrogens is 2. The van der Waals surface area contributed by atoms with Crippen LogP contribution in [0.4, 0.5) is 0 Å². The second kappa shape index (κ2) is 5.15. The van der Waals surface area contributed by atoms with Gasteiger partial charge in [0.1, 0.15) is 0 Å². The maximum Gasteiger partial charge on any atom is 0.152 e. The van der Waals surface area contributed by atoms with E-state index in [9.17, 15) is 8.42 Å². The van der Waals surface area contributed by atoms with Gasteiger partial charge in [-0.2, -0.15) is 5.10 Å². The van der Waals surface area contributed by atoms with Crippen LogP contribution in [0.15, 0.2) is 0 Å². The number of nitrogens with zero attached hydrogens (tertiary/aromatic N) is 2. The zero-order valence-corrected chi connectivity index (χ0v) is 13.8. The molecule has 1 aromatic rings. The highest BCUT2D eigenvalue weighted by atomic mass is 32.2. The van der Waals surface area contributed by atoms with Gasteiger partial charge in [-0.25, -0.2) is 8.42 Å². The fourth-order valence-electron chi connectivity index (χ4n) is 3.46. The minimum atomic E-state index is -2.93. The van der Waals surface area contributed by atoms with E-state index < -0.39 is 15.4 Å². The fourth-order valence-corrected chi connectivity index (χ4v) is 5.57. The predicted molar refractivity (Wildman–Crippen MR) is 81.0 cm³/mol. The van der Waals surface area contributed by atoms with Crippen LogP contribution >= 0.6 is 0 Å². The standard InChI is InChI=1S/C14H25N3O2S/c1-10(8-15-5)13-11(2)16-17(12(13)3)14(4)6-7-20(18,19)9-14/h10,15H,6-9H2,1-5H3. The van der Waals surface area contributed by atoms with Crippen molar-refractivity contribution in [3.05, 3.63) is 17.0 Å². The van der Waals surface area contributed by atoms with E-state index in [-0.39, 0.29) is 11.5 Å². The summed E-state index contributed by atoms with van der Waals surface area (Å²) in [5.41, 5.74) is 2.95. The van der Waals surface area contributed by atoms with Crippen molar-refractivity contribution in [1.82, 2.24) is 15.1 Å². The van der Waals surface area contributed by atoms with Crippen molar-refractivity contribution in [3.8, 4) is 0 Å². The Kier molecular flexibility index (Phi) is 3.99. The average Bonchev–Trinajstić information content (AvgIpc) is 2.77. The summed E-state index contributed by atoms with van der Waals surface area (Å²) in [5, 5.41) is 7.85. The van der Waals surface area contributed by atoms with Gasteiger partial charge in [0.25, 0.3) is 0 Å². The molecule has 0 spiro atoms. The van der Waals surface area contributed by atoms with E-state index in [0.717, 1.165) is 17.9 Å². The Morgan fingerprint density at radius 2 is 2.10 bits per heavy atom. The quantitative estimate of drug-likeness (QED) is 0.911. The van der Waals surface area contributed by atoms with Crippen LogP contribution in [0.2, 0.25) is 0 Å². The maximum atomic E-state index is 11.8. The van der Waals surface area contributed by atoms with Crippen LogP contribution < -0.4 is 5.32 Å². The van der Waals surface area contributed by atoms with Crippen LogP contribution in [0.3, 0.4) is 0 Å². The van der Waals surface area contributed by atoms with E-state index >= 15 is 0 Å².